The Kier molecular flexibility index (Phi) is 5.91. The topological polar surface area (TPSA) is 28.2 Å². The fourth-order valence-corrected chi connectivity index (χ4v) is 3.11. The van der Waals surface area contributed by atoms with Gasteiger partial charge in [-0.25, -0.2) is 4.98 Å². The van der Waals surface area contributed by atoms with Gasteiger partial charge in [-0.05, 0) is 25.1 Å². The Bertz CT molecular complexity index is 563. The number of hydrogen-bond donors (Lipinski definition) is 1. The lowest BCUT2D eigenvalue weighted by atomic mass is 10.1. The van der Waals surface area contributed by atoms with E-state index in [1.807, 2.05) is 5.51 Å². The molecule has 114 valence electrons. The Morgan fingerprint density at radius 3 is 2.67 bits per heavy atom. The summed E-state index contributed by atoms with van der Waals surface area (Å²) in [7, 11) is 2.16. The Labute approximate surface area is 132 Å². The van der Waals surface area contributed by atoms with E-state index in [0.29, 0.717) is 6.04 Å². The summed E-state index contributed by atoms with van der Waals surface area (Å²) in [6.07, 6.45) is 0. The maximum atomic E-state index is 4.32. The molecule has 0 aliphatic carbocycles. The average Bonchev–Trinajstić information content (AvgIpc) is 2.82. The summed E-state index contributed by atoms with van der Waals surface area (Å²) in [6, 6.07) is 9.36. The molecule has 0 aliphatic rings. The second-order valence-corrected chi connectivity index (χ2v) is 6.83. The Morgan fingerprint density at radius 1 is 1.24 bits per heavy atom. The van der Waals surface area contributed by atoms with Crippen LogP contribution in [0, 0.1) is 6.92 Å². The summed E-state index contributed by atoms with van der Waals surface area (Å²) in [5.74, 6) is 0. The molecule has 0 saturated heterocycles. The first-order valence-corrected chi connectivity index (χ1v) is 8.31. The number of aromatic nitrogens is 1. The predicted octanol–water partition coefficient (Wildman–Crippen LogP) is 3.58. The maximum absolute atomic E-state index is 4.32. The van der Waals surface area contributed by atoms with Gasteiger partial charge < -0.3 is 5.32 Å². The van der Waals surface area contributed by atoms with Gasteiger partial charge in [0.2, 0.25) is 0 Å². The number of nitrogens with zero attached hydrogens (tertiary/aromatic N) is 2. The molecule has 0 saturated carbocycles. The molecule has 1 aromatic heterocycles. The number of rotatable bonds is 7. The first-order chi connectivity index (χ1) is 10.0. The van der Waals surface area contributed by atoms with Gasteiger partial charge in [0.1, 0.15) is 0 Å². The highest BCUT2D eigenvalue weighted by Gasteiger charge is 2.07. The molecule has 0 amide bonds. The van der Waals surface area contributed by atoms with Crippen LogP contribution in [-0.4, -0.2) is 23.0 Å². The van der Waals surface area contributed by atoms with Crippen molar-refractivity contribution < 1.29 is 0 Å². The molecule has 1 heterocycles. The standard InChI is InChI=1S/C17H25N3S/c1-13(2)18-9-15-6-5-7-16(8-15)10-20(4)11-17-14(3)19-12-21-17/h5-8,12-13,18H,9-11H2,1-4H3. The quantitative estimate of drug-likeness (QED) is 0.847. The van der Waals surface area contributed by atoms with Crippen molar-refractivity contribution in [3.05, 3.63) is 51.5 Å². The minimum Gasteiger partial charge on any atom is -0.310 e. The van der Waals surface area contributed by atoms with Gasteiger partial charge in [-0.2, -0.15) is 0 Å². The van der Waals surface area contributed by atoms with Gasteiger partial charge in [0.15, 0.2) is 0 Å². The summed E-state index contributed by atoms with van der Waals surface area (Å²) in [4.78, 5) is 8.01. The molecular formula is C17H25N3S. The normalized spacial score (nSPS) is 11.5. The van der Waals surface area contributed by atoms with Crippen molar-refractivity contribution in [2.24, 2.45) is 0 Å². The highest BCUT2D eigenvalue weighted by Crippen LogP contribution is 2.16. The van der Waals surface area contributed by atoms with Crippen molar-refractivity contribution in [3.63, 3.8) is 0 Å². The molecule has 1 aromatic carbocycles. The van der Waals surface area contributed by atoms with Crippen molar-refractivity contribution in [3.8, 4) is 0 Å². The van der Waals surface area contributed by atoms with E-state index in [4.69, 9.17) is 0 Å². The number of thiazole rings is 1. The molecule has 1 N–H and O–H groups in total. The highest BCUT2D eigenvalue weighted by atomic mass is 32.1. The zero-order valence-corrected chi connectivity index (χ0v) is 14.2. The lowest BCUT2D eigenvalue weighted by Crippen LogP contribution is -2.22. The molecule has 0 unspecified atom stereocenters. The third-order valence-electron chi connectivity index (χ3n) is 3.42. The van der Waals surface area contributed by atoms with Crippen LogP contribution < -0.4 is 5.32 Å². The molecule has 4 heteroatoms. The van der Waals surface area contributed by atoms with Crippen LogP contribution in [0.4, 0.5) is 0 Å². The van der Waals surface area contributed by atoms with E-state index in [9.17, 15) is 0 Å². The van der Waals surface area contributed by atoms with Gasteiger partial charge in [-0.15, -0.1) is 11.3 Å². The summed E-state index contributed by atoms with van der Waals surface area (Å²) < 4.78 is 0. The lowest BCUT2D eigenvalue weighted by Gasteiger charge is -2.17. The minimum absolute atomic E-state index is 0.519. The Morgan fingerprint density at radius 2 is 2.00 bits per heavy atom. The smallest absolute Gasteiger partial charge is 0.0798 e. The van der Waals surface area contributed by atoms with Crippen LogP contribution in [0.25, 0.3) is 0 Å². The number of aryl methyl sites for hydroxylation is 1. The Hall–Kier alpha value is -1.23. The number of benzene rings is 1. The maximum Gasteiger partial charge on any atom is 0.0798 e. The zero-order valence-electron chi connectivity index (χ0n) is 13.4. The minimum atomic E-state index is 0.519. The van der Waals surface area contributed by atoms with Gasteiger partial charge in [0.05, 0.1) is 11.2 Å². The van der Waals surface area contributed by atoms with Crippen molar-refractivity contribution in [1.82, 2.24) is 15.2 Å². The molecule has 21 heavy (non-hydrogen) atoms. The molecule has 2 rings (SSSR count). The molecule has 0 radical (unpaired) electrons. The molecular weight excluding hydrogens is 278 g/mol. The predicted molar refractivity (Wildman–Crippen MR) is 90.4 cm³/mol. The van der Waals surface area contributed by atoms with Crippen molar-refractivity contribution in [1.29, 1.82) is 0 Å². The van der Waals surface area contributed by atoms with E-state index in [0.717, 1.165) is 25.3 Å². The third kappa shape index (κ3) is 5.23. The highest BCUT2D eigenvalue weighted by molar-refractivity contribution is 7.09. The van der Waals surface area contributed by atoms with E-state index < -0.39 is 0 Å². The van der Waals surface area contributed by atoms with Crippen LogP contribution in [0.2, 0.25) is 0 Å². The van der Waals surface area contributed by atoms with Crippen LogP contribution >= 0.6 is 11.3 Å². The molecule has 0 spiro atoms. The fourth-order valence-electron chi connectivity index (χ4n) is 2.25. The third-order valence-corrected chi connectivity index (χ3v) is 4.34. The first-order valence-electron chi connectivity index (χ1n) is 7.43. The van der Waals surface area contributed by atoms with Crippen molar-refractivity contribution in [2.45, 2.75) is 46.4 Å². The van der Waals surface area contributed by atoms with E-state index in [2.05, 4.69) is 67.3 Å². The van der Waals surface area contributed by atoms with Crippen LogP contribution in [0.1, 0.15) is 35.5 Å². The second-order valence-electron chi connectivity index (χ2n) is 5.89. The Balaban J connectivity index is 1.92. The average molecular weight is 303 g/mol. The zero-order chi connectivity index (χ0) is 15.2. The monoisotopic (exact) mass is 303 g/mol. The van der Waals surface area contributed by atoms with E-state index in [1.165, 1.54) is 16.0 Å². The van der Waals surface area contributed by atoms with E-state index >= 15 is 0 Å². The van der Waals surface area contributed by atoms with Gasteiger partial charge in [-0.1, -0.05) is 38.1 Å². The molecule has 2 aromatic rings. The lowest BCUT2D eigenvalue weighted by molar-refractivity contribution is 0.321. The molecule has 0 atom stereocenters. The second kappa shape index (κ2) is 7.69. The van der Waals surface area contributed by atoms with Crippen LogP contribution in [0.15, 0.2) is 29.8 Å². The molecule has 0 fully saturated rings. The van der Waals surface area contributed by atoms with Crippen LogP contribution in [0.5, 0.6) is 0 Å². The summed E-state index contributed by atoms with van der Waals surface area (Å²) in [5, 5.41) is 3.47. The van der Waals surface area contributed by atoms with Crippen molar-refractivity contribution >= 4 is 11.3 Å². The van der Waals surface area contributed by atoms with Crippen molar-refractivity contribution in [2.75, 3.05) is 7.05 Å². The van der Waals surface area contributed by atoms with Crippen LogP contribution in [-0.2, 0) is 19.6 Å². The summed E-state index contributed by atoms with van der Waals surface area (Å²) in [6.45, 7) is 9.29. The van der Waals surface area contributed by atoms with E-state index in [-0.39, 0.29) is 0 Å². The summed E-state index contributed by atoms with van der Waals surface area (Å²) >= 11 is 1.74. The molecule has 0 bridgehead atoms. The largest absolute Gasteiger partial charge is 0.310 e. The number of hydrogen-bond acceptors (Lipinski definition) is 4. The van der Waals surface area contributed by atoms with Gasteiger partial charge in [0.25, 0.3) is 0 Å². The molecule has 3 nitrogen and oxygen atoms in total. The van der Waals surface area contributed by atoms with E-state index in [1.54, 1.807) is 11.3 Å². The summed E-state index contributed by atoms with van der Waals surface area (Å²) in [5.41, 5.74) is 5.80. The fraction of sp³-hybridized carbons (Fsp3) is 0.471. The van der Waals surface area contributed by atoms with Gasteiger partial charge in [-0.3, -0.25) is 4.90 Å². The molecule has 0 aliphatic heterocycles. The first kappa shape index (κ1) is 16.1. The SMILES string of the molecule is Cc1ncsc1CN(C)Cc1cccc(CNC(C)C)c1. The van der Waals surface area contributed by atoms with Gasteiger partial charge >= 0.3 is 0 Å². The number of nitrogens with one attached hydrogen (secondary N) is 1. The van der Waals surface area contributed by atoms with Crippen LogP contribution in [0.3, 0.4) is 0 Å². The van der Waals surface area contributed by atoms with Gasteiger partial charge in [0, 0.05) is 30.6 Å².